The number of fused-ring (bicyclic) bond motifs is 5. The van der Waals surface area contributed by atoms with E-state index in [1.165, 1.54) is 20.8 Å². The Balaban J connectivity index is 1.69. The predicted molar refractivity (Wildman–Crippen MR) is 118 cm³/mol. The molecule has 0 unspecified atom stereocenters. The Hall–Kier alpha value is -1.85. The second-order valence-corrected chi connectivity index (χ2v) is 11.5. The van der Waals surface area contributed by atoms with E-state index in [0.29, 0.717) is 18.3 Å². The van der Waals surface area contributed by atoms with Crippen LogP contribution >= 0.6 is 0 Å². The summed E-state index contributed by atoms with van der Waals surface area (Å²) >= 11 is 0. The van der Waals surface area contributed by atoms with Gasteiger partial charge in [-0.15, -0.1) is 0 Å². The van der Waals surface area contributed by atoms with Gasteiger partial charge in [-0.3, -0.25) is 14.4 Å². The number of rotatable bonds is 3. The Bertz CT molecular complexity index is 847. The highest BCUT2D eigenvalue weighted by Gasteiger charge is 2.66. The Morgan fingerprint density at radius 3 is 2.22 bits per heavy atom. The topological polar surface area (TPSA) is 78.9 Å². The Kier molecular flexibility index (Phi) is 5.74. The number of esters is 3. The lowest BCUT2D eigenvalue weighted by Crippen LogP contribution is -2.63. The summed E-state index contributed by atoms with van der Waals surface area (Å²) in [4.78, 5) is 35.5. The average Bonchev–Trinajstić information content (AvgIpc) is 2.97. The maximum atomic E-state index is 12.2. The summed E-state index contributed by atoms with van der Waals surface area (Å²) in [5.41, 5.74) is -0.298. The number of allylic oxidation sites excluding steroid dienone is 2. The van der Waals surface area contributed by atoms with Crippen molar-refractivity contribution in [2.45, 2.75) is 98.7 Å². The third-order valence-electron chi connectivity index (χ3n) is 9.65. The third kappa shape index (κ3) is 3.58. The Labute approximate surface area is 191 Å². The van der Waals surface area contributed by atoms with Crippen molar-refractivity contribution in [3.05, 3.63) is 11.8 Å². The summed E-state index contributed by atoms with van der Waals surface area (Å²) in [5.74, 6) is 1.01. The van der Waals surface area contributed by atoms with Gasteiger partial charge >= 0.3 is 17.9 Å². The van der Waals surface area contributed by atoms with Crippen molar-refractivity contribution in [1.82, 2.24) is 0 Å². The first-order valence-electron chi connectivity index (χ1n) is 12.1. The molecule has 0 aromatic rings. The van der Waals surface area contributed by atoms with Gasteiger partial charge in [0.1, 0.15) is 18.0 Å². The van der Waals surface area contributed by atoms with Crippen molar-refractivity contribution in [3.63, 3.8) is 0 Å². The minimum atomic E-state index is -0.300. The molecule has 0 amide bonds. The first-order valence-corrected chi connectivity index (χ1v) is 12.1. The highest BCUT2D eigenvalue weighted by molar-refractivity contribution is 5.68. The molecule has 178 valence electrons. The SMILES string of the molecule is CC(=O)OC1=CC[C@H]2[C@@H]3CC[C@@]4(C)C[C@H](OC(C)=O)CC[C@]4(C)[C@H]3[C@@H](OC(C)=O)C[C@]12C. The lowest BCUT2D eigenvalue weighted by Gasteiger charge is -2.66. The van der Waals surface area contributed by atoms with Gasteiger partial charge in [0.05, 0.1) is 0 Å². The largest absolute Gasteiger partial charge is 0.463 e. The predicted octanol–water partition coefficient (Wildman–Crippen LogP) is 4.95. The zero-order chi connectivity index (χ0) is 23.5. The van der Waals surface area contributed by atoms with Gasteiger partial charge < -0.3 is 14.2 Å². The number of hydrogen-bond donors (Lipinski definition) is 0. The third-order valence-corrected chi connectivity index (χ3v) is 9.65. The molecular formula is C26H38O6. The molecular weight excluding hydrogens is 408 g/mol. The van der Waals surface area contributed by atoms with Crippen LogP contribution in [0.1, 0.15) is 86.5 Å². The highest BCUT2D eigenvalue weighted by atomic mass is 16.6. The van der Waals surface area contributed by atoms with E-state index < -0.39 is 0 Å². The minimum Gasteiger partial charge on any atom is -0.463 e. The van der Waals surface area contributed by atoms with Crippen LogP contribution in [0.25, 0.3) is 0 Å². The summed E-state index contributed by atoms with van der Waals surface area (Å²) in [6.45, 7) is 11.3. The molecule has 0 saturated heterocycles. The first kappa shape index (κ1) is 23.3. The molecule has 0 aromatic carbocycles. The fourth-order valence-electron chi connectivity index (χ4n) is 8.16. The molecule has 4 aliphatic carbocycles. The zero-order valence-electron chi connectivity index (χ0n) is 20.4. The zero-order valence-corrected chi connectivity index (χ0v) is 20.4. The van der Waals surface area contributed by atoms with Crippen molar-refractivity contribution in [2.24, 2.45) is 34.0 Å². The molecule has 0 spiro atoms. The number of carbonyl (C=O) groups is 3. The molecule has 0 radical (unpaired) electrons. The molecule has 0 aromatic heterocycles. The van der Waals surface area contributed by atoms with E-state index in [1.54, 1.807) is 0 Å². The fourth-order valence-corrected chi connectivity index (χ4v) is 8.16. The highest BCUT2D eigenvalue weighted by Crippen LogP contribution is 2.70. The molecule has 0 aliphatic heterocycles. The minimum absolute atomic E-state index is 0.0157. The lowest BCUT2D eigenvalue weighted by molar-refractivity contribution is -0.219. The smallest absolute Gasteiger partial charge is 0.307 e. The van der Waals surface area contributed by atoms with Crippen LogP contribution in [0.4, 0.5) is 0 Å². The Morgan fingerprint density at radius 1 is 0.906 bits per heavy atom. The van der Waals surface area contributed by atoms with Crippen molar-refractivity contribution in [2.75, 3.05) is 0 Å². The van der Waals surface area contributed by atoms with Gasteiger partial charge in [0, 0.05) is 32.1 Å². The summed E-state index contributed by atoms with van der Waals surface area (Å²) < 4.78 is 17.3. The van der Waals surface area contributed by atoms with Gasteiger partial charge in [0.2, 0.25) is 0 Å². The monoisotopic (exact) mass is 446 g/mol. The van der Waals surface area contributed by atoms with Crippen LogP contribution in [0, 0.1) is 34.0 Å². The number of carbonyl (C=O) groups excluding carboxylic acids is 3. The van der Waals surface area contributed by atoms with Crippen LogP contribution in [0.15, 0.2) is 11.8 Å². The van der Waals surface area contributed by atoms with E-state index in [4.69, 9.17) is 14.2 Å². The molecule has 0 N–H and O–H groups in total. The normalized spacial score (nSPS) is 44.9. The van der Waals surface area contributed by atoms with E-state index in [2.05, 4.69) is 26.8 Å². The molecule has 6 heteroatoms. The van der Waals surface area contributed by atoms with E-state index >= 15 is 0 Å². The van der Waals surface area contributed by atoms with Crippen molar-refractivity contribution >= 4 is 17.9 Å². The van der Waals surface area contributed by atoms with E-state index in [9.17, 15) is 14.4 Å². The maximum absolute atomic E-state index is 12.2. The lowest BCUT2D eigenvalue weighted by atomic mass is 9.40. The fraction of sp³-hybridized carbons (Fsp3) is 0.808. The molecule has 0 heterocycles. The van der Waals surface area contributed by atoms with Gasteiger partial charge in [-0.2, -0.15) is 0 Å². The summed E-state index contributed by atoms with van der Waals surface area (Å²) in [5, 5.41) is 0. The first-order chi connectivity index (χ1) is 14.9. The van der Waals surface area contributed by atoms with Gasteiger partial charge in [-0.05, 0) is 73.7 Å². The van der Waals surface area contributed by atoms with Crippen molar-refractivity contribution in [1.29, 1.82) is 0 Å². The van der Waals surface area contributed by atoms with Crippen LogP contribution in [0.2, 0.25) is 0 Å². The van der Waals surface area contributed by atoms with Gasteiger partial charge in [-0.1, -0.05) is 20.8 Å². The molecule has 32 heavy (non-hydrogen) atoms. The number of ether oxygens (including phenoxy) is 3. The standard InChI is InChI=1S/C26H38O6/c1-15(27)30-18-9-12-26(6)23-19(10-11-24(26,4)13-18)20-7-8-22(32-17(3)29)25(20,5)14-21(23)31-16(2)28/h8,18-21,23H,7,9-14H2,1-6H3/t18-,19+,20+,21+,23-,24+,25+,26-/m1/s1. The summed E-state index contributed by atoms with van der Waals surface area (Å²) in [6, 6.07) is 0. The van der Waals surface area contributed by atoms with E-state index in [-0.39, 0.29) is 52.3 Å². The maximum Gasteiger partial charge on any atom is 0.307 e. The summed E-state index contributed by atoms with van der Waals surface area (Å²) in [7, 11) is 0. The molecule has 3 fully saturated rings. The van der Waals surface area contributed by atoms with Gasteiger partial charge in [0.15, 0.2) is 0 Å². The van der Waals surface area contributed by atoms with Crippen molar-refractivity contribution in [3.8, 4) is 0 Å². The molecule has 0 bridgehead atoms. The van der Waals surface area contributed by atoms with Crippen LogP contribution in [-0.2, 0) is 28.6 Å². The average molecular weight is 447 g/mol. The second-order valence-electron chi connectivity index (χ2n) is 11.5. The quantitative estimate of drug-likeness (QED) is 0.451. The van der Waals surface area contributed by atoms with Crippen LogP contribution in [0.3, 0.4) is 0 Å². The van der Waals surface area contributed by atoms with Gasteiger partial charge in [0.25, 0.3) is 0 Å². The summed E-state index contributed by atoms with van der Waals surface area (Å²) in [6.07, 6.45) is 8.18. The Morgan fingerprint density at radius 2 is 1.59 bits per heavy atom. The molecule has 8 atom stereocenters. The van der Waals surface area contributed by atoms with E-state index in [0.717, 1.165) is 44.3 Å². The molecule has 4 rings (SSSR count). The second kappa shape index (κ2) is 7.88. The van der Waals surface area contributed by atoms with Crippen LogP contribution in [0.5, 0.6) is 0 Å². The molecule has 6 nitrogen and oxygen atoms in total. The van der Waals surface area contributed by atoms with E-state index in [1.807, 2.05) is 0 Å². The van der Waals surface area contributed by atoms with Crippen LogP contribution < -0.4 is 0 Å². The van der Waals surface area contributed by atoms with Crippen molar-refractivity contribution < 1.29 is 28.6 Å². The van der Waals surface area contributed by atoms with Crippen LogP contribution in [-0.4, -0.2) is 30.1 Å². The molecule has 4 aliphatic rings. The van der Waals surface area contributed by atoms with Gasteiger partial charge in [-0.25, -0.2) is 0 Å². The number of hydrogen-bond acceptors (Lipinski definition) is 6. The molecule has 3 saturated carbocycles.